The van der Waals surface area contributed by atoms with E-state index in [4.69, 9.17) is 26.9 Å². The summed E-state index contributed by atoms with van der Waals surface area (Å²) in [6.07, 6.45) is 2.74. The number of rotatable bonds is 3. The number of aromatic nitrogens is 2. The van der Waals surface area contributed by atoms with Crippen molar-refractivity contribution in [3.63, 3.8) is 0 Å². The average molecular weight is 363 g/mol. The fourth-order valence-corrected chi connectivity index (χ4v) is 2.47. The largest absolute Gasteiger partial charge is 0.438 e. The van der Waals surface area contributed by atoms with Crippen molar-refractivity contribution in [1.29, 1.82) is 10.5 Å². The van der Waals surface area contributed by atoms with Gasteiger partial charge in [-0.25, -0.2) is 0 Å². The molecule has 3 aromatic rings. The molecular formula is C19H11ClN4O2. The van der Waals surface area contributed by atoms with Gasteiger partial charge in [-0.15, -0.1) is 0 Å². The molecule has 0 aliphatic heterocycles. The molecular weight excluding hydrogens is 352 g/mol. The lowest BCUT2D eigenvalue weighted by molar-refractivity contribution is 0.461. The quantitative estimate of drug-likeness (QED) is 0.659. The minimum absolute atomic E-state index is 0.00891. The van der Waals surface area contributed by atoms with Gasteiger partial charge in [0.05, 0.1) is 0 Å². The van der Waals surface area contributed by atoms with Crippen molar-refractivity contribution in [2.24, 2.45) is 0 Å². The van der Waals surface area contributed by atoms with E-state index in [-0.39, 0.29) is 17.0 Å². The van der Waals surface area contributed by atoms with Gasteiger partial charge in [0.15, 0.2) is 0 Å². The molecule has 0 saturated heterocycles. The van der Waals surface area contributed by atoms with Crippen LogP contribution in [0.2, 0.25) is 5.02 Å². The van der Waals surface area contributed by atoms with E-state index < -0.39 is 5.56 Å². The Hall–Kier alpha value is -3.61. The molecule has 0 radical (unpaired) electrons. The lowest BCUT2D eigenvalue weighted by Crippen LogP contribution is -2.19. The Morgan fingerprint density at radius 1 is 1.23 bits per heavy atom. The number of ether oxygens (including phenoxy) is 1. The third kappa shape index (κ3) is 3.27. The maximum atomic E-state index is 12.9. The Bertz CT molecular complexity index is 1150. The molecule has 126 valence electrons. The van der Waals surface area contributed by atoms with Gasteiger partial charge in [-0.1, -0.05) is 17.7 Å². The fourth-order valence-electron chi connectivity index (χ4n) is 2.34. The van der Waals surface area contributed by atoms with Gasteiger partial charge >= 0.3 is 0 Å². The van der Waals surface area contributed by atoms with Crippen LogP contribution in [0.3, 0.4) is 0 Å². The first kappa shape index (κ1) is 17.2. The second-order valence-electron chi connectivity index (χ2n) is 5.36. The van der Waals surface area contributed by atoms with Gasteiger partial charge in [-0.05, 0) is 48.9 Å². The van der Waals surface area contributed by atoms with Crippen LogP contribution in [0.25, 0.3) is 11.7 Å². The molecule has 1 aromatic carbocycles. The minimum Gasteiger partial charge on any atom is -0.438 e. The summed E-state index contributed by atoms with van der Waals surface area (Å²) in [5.74, 6) is 0.430. The Morgan fingerprint density at radius 3 is 2.58 bits per heavy atom. The summed E-state index contributed by atoms with van der Waals surface area (Å²) < 4.78 is 7.10. The van der Waals surface area contributed by atoms with Crippen molar-refractivity contribution in [1.82, 2.24) is 9.38 Å². The number of aryl methyl sites for hydroxylation is 1. The van der Waals surface area contributed by atoms with Gasteiger partial charge in [0, 0.05) is 11.2 Å². The van der Waals surface area contributed by atoms with Crippen LogP contribution >= 0.6 is 11.6 Å². The molecule has 0 aliphatic carbocycles. The van der Waals surface area contributed by atoms with Crippen LogP contribution in [0.4, 0.5) is 0 Å². The van der Waals surface area contributed by atoms with Gasteiger partial charge in [0.1, 0.15) is 34.7 Å². The van der Waals surface area contributed by atoms with Crippen LogP contribution in [-0.2, 0) is 0 Å². The first-order valence-corrected chi connectivity index (χ1v) is 7.88. The van der Waals surface area contributed by atoms with Crippen LogP contribution in [-0.4, -0.2) is 9.38 Å². The summed E-state index contributed by atoms with van der Waals surface area (Å²) in [5, 5.41) is 18.6. The molecule has 0 aliphatic rings. The number of halogens is 1. The summed E-state index contributed by atoms with van der Waals surface area (Å²) in [7, 11) is 0. The van der Waals surface area contributed by atoms with E-state index in [9.17, 15) is 4.79 Å². The van der Waals surface area contributed by atoms with Crippen molar-refractivity contribution in [2.75, 3.05) is 0 Å². The van der Waals surface area contributed by atoms with Crippen molar-refractivity contribution in [3.05, 3.63) is 74.7 Å². The molecule has 2 heterocycles. The molecule has 0 saturated carbocycles. The highest BCUT2D eigenvalue weighted by Gasteiger charge is 2.15. The lowest BCUT2D eigenvalue weighted by Gasteiger charge is -2.11. The lowest BCUT2D eigenvalue weighted by atomic mass is 10.2. The molecule has 0 spiro atoms. The second kappa shape index (κ2) is 7.10. The summed E-state index contributed by atoms with van der Waals surface area (Å²) in [4.78, 5) is 17.3. The van der Waals surface area contributed by atoms with Gasteiger partial charge < -0.3 is 4.74 Å². The van der Waals surface area contributed by atoms with E-state index in [0.717, 1.165) is 5.56 Å². The smallest absolute Gasteiger partial charge is 0.269 e. The Balaban J connectivity index is 2.28. The fraction of sp³-hybridized carbons (Fsp3) is 0.0526. The molecule has 3 rings (SSSR count). The summed E-state index contributed by atoms with van der Waals surface area (Å²) in [6.45, 7) is 1.82. The van der Waals surface area contributed by atoms with Crippen molar-refractivity contribution >= 4 is 23.3 Å². The molecule has 2 aromatic heterocycles. The van der Waals surface area contributed by atoms with Crippen LogP contribution in [0, 0.1) is 29.6 Å². The first-order chi connectivity index (χ1) is 12.5. The zero-order chi connectivity index (χ0) is 18.7. The van der Waals surface area contributed by atoms with Gasteiger partial charge in [0.25, 0.3) is 5.56 Å². The Labute approximate surface area is 153 Å². The van der Waals surface area contributed by atoms with E-state index >= 15 is 0 Å². The Morgan fingerprint density at radius 2 is 1.92 bits per heavy atom. The molecule has 6 nitrogen and oxygen atoms in total. The first-order valence-electron chi connectivity index (χ1n) is 7.51. The number of hydrogen-bond donors (Lipinski definition) is 0. The number of hydrogen-bond acceptors (Lipinski definition) is 5. The number of pyridine rings is 1. The van der Waals surface area contributed by atoms with Gasteiger partial charge in [-0.2, -0.15) is 15.5 Å². The van der Waals surface area contributed by atoms with Gasteiger partial charge in [-0.3, -0.25) is 9.20 Å². The topological polar surface area (TPSA) is 91.2 Å². The van der Waals surface area contributed by atoms with Crippen molar-refractivity contribution < 1.29 is 4.74 Å². The number of benzene rings is 1. The van der Waals surface area contributed by atoms with Crippen LogP contribution in [0.15, 0.2) is 53.0 Å². The van der Waals surface area contributed by atoms with Crippen molar-refractivity contribution in [3.8, 4) is 23.8 Å². The molecule has 0 atom stereocenters. The zero-order valence-electron chi connectivity index (χ0n) is 13.6. The van der Waals surface area contributed by atoms with Crippen LogP contribution in [0.1, 0.15) is 11.1 Å². The van der Waals surface area contributed by atoms with E-state index in [1.54, 1.807) is 48.7 Å². The Kier molecular flexibility index (Phi) is 4.70. The third-order valence-corrected chi connectivity index (χ3v) is 3.86. The molecule has 0 N–H and O–H groups in total. The summed E-state index contributed by atoms with van der Waals surface area (Å²) >= 11 is 5.87. The summed E-state index contributed by atoms with van der Waals surface area (Å²) in [5.41, 5.74) is 0.556. The number of nitriles is 2. The van der Waals surface area contributed by atoms with Crippen LogP contribution in [0.5, 0.6) is 11.6 Å². The van der Waals surface area contributed by atoms with Crippen LogP contribution < -0.4 is 10.3 Å². The number of nitrogens with zero attached hydrogens (tertiary/aromatic N) is 4. The minimum atomic E-state index is -0.439. The maximum absolute atomic E-state index is 12.9. The highest BCUT2D eigenvalue weighted by Crippen LogP contribution is 2.25. The average Bonchev–Trinajstić information content (AvgIpc) is 2.64. The molecule has 0 bridgehead atoms. The van der Waals surface area contributed by atoms with E-state index in [1.165, 1.54) is 10.5 Å². The van der Waals surface area contributed by atoms with E-state index in [0.29, 0.717) is 16.4 Å². The monoisotopic (exact) mass is 362 g/mol. The van der Waals surface area contributed by atoms with Gasteiger partial charge in [0.2, 0.25) is 5.88 Å². The zero-order valence-corrected chi connectivity index (χ0v) is 14.4. The highest BCUT2D eigenvalue weighted by atomic mass is 35.5. The molecule has 26 heavy (non-hydrogen) atoms. The molecule has 0 amide bonds. The second-order valence-corrected chi connectivity index (χ2v) is 5.79. The predicted octanol–water partition coefficient (Wildman–Crippen LogP) is 3.88. The third-order valence-electron chi connectivity index (χ3n) is 3.61. The standard InChI is InChI=1S/C19H11ClN4O2/c1-12-3-2-8-24-17(12)23-18(26-15-6-4-14(20)5-7-15)16(19(24)25)9-13(10-21)11-22/h2-9H,1H3. The molecule has 0 fully saturated rings. The maximum Gasteiger partial charge on any atom is 0.269 e. The predicted molar refractivity (Wildman–Crippen MR) is 96.9 cm³/mol. The van der Waals surface area contributed by atoms with E-state index in [1.807, 2.05) is 13.0 Å². The molecule has 0 unspecified atom stereocenters. The molecule has 7 heteroatoms. The number of fused-ring (bicyclic) bond motifs is 1. The normalized spacial score (nSPS) is 10.0. The number of allylic oxidation sites excluding steroid dienone is 1. The SMILES string of the molecule is Cc1cccn2c(=O)c(C=C(C#N)C#N)c(Oc3ccc(Cl)cc3)nc12. The van der Waals surface area contributed by atoms with E-state index in [2.05, 4.69) is 4.98 Å². The van der Waals surface area contributed by atoms with Crippen molar-refractivity contribution in [2.45, 2.75) is 6.92 Å². The summed E-state index contributed by atoms with van der Waals surface area (Å²) in [6, 6.07) is 13.6. The highest BCUT2D eigenvalue weighted by molar-refractivity contribution is 6.30.